The minimum Gasteiger partial charge on any atom is -0.497 e. The zero-order valence-corrected chi connectivity index (χ0v) is 12.2. The van der Waals surface area contributed by atoms with Gasteiger partial charge in [-0.25, -0.2) is 0 Å². The van der Waals surface area contributed by atoms with Crippen LogP contribution in [0.4, 0.5) is 0 Å². The van der Waals surface area contributed by atoms with Crippen LogP contribution in [0, 0.1) is 0 Å². The molecule has 2 atom stereocenters. The van der Waals surface area contributed by atoms with Crippen molar-refractivity contribution < 1.29 is 9.47 Å². The number of nitrogens with one attached hydrogen (secondary N) is 1. The van der Waals surface area contributed by atoms with E-state index in [4.69, 9.17) is 15.2 Å². The van der Waals surface area contributed by atoms with Gasteiger partial charge in [-0.05, 0) is 44.0 Å². The van der Waals surface area contributed by atoms with Crippen LogP contribution < -0.4 is 15.8 Å². The fraction of sp³-hybridized carbons (Fsp3) is 0.600. The normalized spacial score (nSPS) is 14.1. The third-order valence-corrected chi connectivity index (χ3v) is 3.23. The quantitative estimate of drug-likeness (QED) is 0.718. The van der Waals surface area contributed by atoms with Gasteiger partial charge in [-0.3, -0.25) is 0 Å². The molecule has 3 N–H and O–H groups in total. The van der Waals surface area contributed by atoms with Crippen LogP contribution in [-0.2, 0) is 4.74 Å². The first-order chi connectivity index (χ1) is 9.21. The van der Waals surface area contributed by atoms with Gasteiger partial charge >= 0.3 is 0 Å². The first-order valence-corrected chi connectivity index (χ1v) is 6.80. The summed E-state index contributed by atoms with van der Waals surface area (Å²) >= 11 is 0. The number of hydrogen-bond acceptors (Lipinski definition) is 4. The van der Waals surface area contributed by atoms with Crippen molar-refractivity contribution in [3.63, 3.8) is 0 Å². The molecule has 0 aliphatic rings. The van der Waals surface area contributed by atoms with Crippen molar-refractivity contribution in [1.29, 1.82) is 0 Å². The molecule has 0 bridgehead atoms. The molecule has 2 unspecified atom stereocenters. The maximum Gasteiger partial charge on any atom is 0.118 e. The second-order valence-electron chi connectivity index (χ2n) is 4.74. The van der Waals surface area contributed by atoms with Gasteiger partial charge in [0.1, 0.15) is 5.75 Å². The van der Waals surface area contributed by atoms with Crippen LogP contribution in [0.15, 0.2) is 24.3 Å². The standard InChI is InChI=1S/C15H26N2O2/c1-12(13-6-8-15(19-3)9-7-13)17-14(11-18-2)5-4-10-16/h6-9,12,14,17H,4-5,10-11,16H2,1-3H3. The highest BCUT2D eigenvalue weighted by molar-refractivity contribution is 5.28. The molecule has 0 fully saturated rings. The molecule has 1 aromatic carbocycles. The van der Waals surface area contributed by atoms with Gasteiger partial charge in [0.25, 0.3) is 0 Å². The van der Waals surface area contributed by atoms with Crippen molar-refractivity contribution in [2.45, 2.75) is 31.8 Å². The molecule has 108 valence electrons. The summed E-state index contributed by atoms with van der Waals surface area (Å²) in [5, 5.41) is 3.59. The SMILES string of the molecule is COCC(CCCN)NC(C)c1ccc(OC)cc1. The zero-order chi connectivity index (χ0) is 14.1. The molecule has 19 heavy (non-hydrogen) atoms. The molecule has 0 heterocycles. The van der Waals surface area contributed by atoms with E-state index < -0.39 is 0 Å². The van der Waals surface area contributed by atoms with Crippen molar-refractivity contribution in [2.75, 3.05) is 27.4 Å². The Bertz CT molecular complexity index is 341. The topological polar surface area (TPSA) is 56.5 Å². The van der Waals surface area contributed by atoms with Crippen LogP contribution in [0.5, 0.6) is 5.75 Å². The van der Waals surface area contributed by atoms with Crippen LogP contribution >= 0.6 is 0 Å². The van der Waals surface area contributed by atoms with Gasteiger partial charge < -0.3 is 20.5 Å². The fourth-order valence-electron chi connectivity index (χ4n) is 2.12. The van der Waals surface area contributed by atoms with E-state index in [9.17, 15) is 0 Å². The van der Waals surface area contributed by atoms with Crippen LogP contribution in [0.1, 0.15) is 31.4 Å². The van der Waals surface area contributed by atoms with E-state index in [2.05, 4.69) is 24.4 Å². The van der Waals surface area contributed by atoms with E-state index >= 15 is 0 Å². The third kappa shape index (κ3) is 5.59. The Morgan fingerprint density at radius 3 is 2.42 bits per heavy atom. The summed E-state index contributed by atoms with van der Waals surface area (Å²) < 4.78 is 10.4. The monoisotopic (exact) mass is 266 g/mol. The molecule has 0 spiro atoms. The molecule has 4 nitrogen and oxygen atoms in total. The molecule has 0 amide bonds. The summed E-state index contributed by atoms with van der Waals surface area (Å²) in [6, 6.07) is 8.76. The van der Waals surface area contributed by atoms with Gasteiger partial charge in [0.2, 0.25) is 0 Å². The lowest BCUT2D eigenvalue weighted by atomic mass is 10.1. The molecule has 0 aliphatic carbocycles. The first-order valence-electron chi connectivity index (χ1n) is 6.80. The molecular formula is C15H26N2O2. The van der Waals surface area contributed by atoms with Gasteiger partial charge in [-0.1, -0.05) is 12.1 Å². The van der Waals surface area contributed by atoms with E-state index in [0.717, 1.165) is 25.1 Å². The van der Waals surface area contributed by atoms with Gasteiger partial charge in [0, 0.05) is 19.2 Å². The number of rotatable bonds is 9. The smallest absolute Gasteiger partial charge is 0.118 e. The number of hydrogen-bond donors (Lipinski definition) is 2. The molecule has 0 radical (unpaired) electrons. The Hall–Kier alpha value is -1.10. The van der Waals surface area contributed by atoms with Crippen molar-refractivity contribution in [3.8, 4) is 5.75 Å². The summed E-state index contributed by atoms with van der Waals surface area (Å²) in [5.74, 6) is 0.882. The second kappa shape index (κ2) is 8.91. The molecule has 4 heteroatoms. The van der Waals surface area contributed by atoms with Crippen molar-refractivity contribution in [2.24, 2.45) is 5.73 Å². The molecular weight excluding hydrogens is 240 g/mol. The van der Waals surface area contributed by atoms with Crippen molar-refractivity contribution in [3.05, 3.63) is 29.8 Å². The lowest BCUT2D eigenvalue weighted by Gasteiger charge is -2.23. The van der Waals surface area contributed by atoms with E-state index in [1.54, 1.807) is 14.2 Å². The van der Waals surface area contributed by atoms with Gasteiger partial charge in [-0.2, -0.15) is 0 Å². The predicted octanol–water partition coefficient (Wildman–Crippen LogP) is 2.10. The maximum absolute atomic E-state index is 5.56. The predicted molar refractivity (Wildman–Crippen MR) is 78.5 cm³/mol. The number of nitrogens with two attached hydrogens (primary N) is 1. The zero-order valence-electron chi connectivity index (χ0n) is 12.2. The van der Waals surface area contributed by atoms with Crippen LogP contribution in [-0.4, -0.2) is 33.4 Å². The van der Waals surface area contributed by atoms with E-state index in [1.807, 2.05) is 12.1 Å². The average Bonchev–Trinajstić information content (AvgIpc) is 2.45. The summed E-state index contributed by atoms with van der Waals surface area (Å²) in [7, 11) is 3.41. The van der Waals surface area contributed by atoms with Crippen LogP contribution in [0.2, 0.25) is 0 Å². The Morgan fingerprint density at radius 2 is 1.89 bits per heavy atom. The minimum atomic E-state index is 0.281. The third-order valence-electron chi connectivity index (χ3n) is 3.23. The molecule has 0 aromatic heterocycles. The van der Waals surface area contributed by atoms with Crippen LogP contribution in [0.3, 0.4) is 0 Å². The lowest BCUT2D eigenvalue weighted by molar-refractivity contribution is 0.156. The summed E-state index contributed by atoms with van der Waals surface area (Å²) in [5.41, 5.74) is 6.81. The van der Waals surface area contributed by atoms with Gasteiger partial charge in [-0.15, -0.1) is 0 Å². The van der Waals surface area contributed by atoms with Gasteiger partial charge in [0.15, 0.2) is 0 Å². The highest BCUT2D eigenvalue weighted by atomic mass is 16.5. The van der Waals surface area contributed by atoms with E-state index in [1.165, 1.54) is 5.56 Å². The highest BCUT2D eigenvalue weighted by Crippen LogP contribution is 2.18. The Kier molecular flexibility index (Phi) is 7.48. The highest BCUT2D eigenvalue weighted by Gasteiger charge is 2.13. The summed E-state index contributed by atoms with van der Waals surface area (Å²) in [6.45, 7) is 3.59. The number of ether oxygens (including phenoxy) is 2. The largest absolute Gasteiger partial charge is 0.497 e. The van der Waals surface area contributed by atoms with Gasteiger partial charge in [0.05, 0.1) is 13.7 Å². The summed E-state index contributed by atoms with van der Waals surface area (Å²) in [6.07, 6.45) is 2.04. The average molecular weight is 266 g/mol. The van der Waals surface area contributed by atoms with E-state index in [0.29, 0.717) is 12.6 Å². The van der Waals surface area contributed by atoms with Crippen molar-refractivity contribution >= 4 is 0 Å². The molecule has 1 rings (SSSR count). The Morgan fingerprint density at radius 1 is 1.21 bits per heavy atom. The number of methoxy groups -OCH3 is 2. The molecule has 0 aliphatic heterocycles. The maximum atomic E-state index is 5.56. The molecule has 1 aromatic rings. The first kappa shape index (κ1) is 16.0. The Labute approximate surface area is 116 Å². The molecule has 0 saturated carbocycles. The van der Waals surface area contributed by atoms with E-state index in [-0.39, 0.29) is 6.04 Å². The lowest BCUT2D eigenvalue weighted by Crippen LogP contribution is -2.35. The minimum absolute atomic E-state index is 0.281. The van der Waals surface area contributed by atoms with Crippen LogP contribution in [0.25, 0.3) is 0 Å². The molecule has 0 saturated heterocycles. The number of benzene rings is 1. The fourth-order valence-corrected chi connectivity index (χ4v) is 2.12. The Balaban J connectivity index is 2.55. The summed E-state index contributed by atoms with van der Waals surface area (Å²) in [4.78, 5) is 0. The second-order valence-corrected chi connectivity index (χ2v) is 4.74. The van der Waals surface area contributed by atoms with Crippen molar-refractivity contribution in [1.82, 2.24) is 5.32 Å².